The van der Waals surface area contributed by atoms with Gasteiger partial charge in [0.1, 0.15) is 5.75 Å². The van der Waals surface area contributed by atoms with Gasteiger partial charge in [0.05, 0.1) is 12.8 Å². The lowest BCUT2D eigenvalue weighted by Gasteiger charge is -2.36. The van der Waals surface area contributed by atoms with Crippen LogP contribution in [0.4, 0.5) is 0 Å². The van der Waals surface area contributed by atoms with E-state index >= 15 is 0 Å². The minimum absolute atomic E-state index is 0.0817. The second-order valence-corrected chi connectivity index (χ2v) is 6.16. The molecule has 2 heterocycles. The number of rotatable bonds is 4. The Kier molecular flexibility index (Phi) is 4.84. The van der Waals surface area contributed by atoms with Crippen molar-refractivity contribution in [3.05, 3.63) is 29.8 Å². The van der Waals surface area contributed by atoms with Gasteiger partial charge in [0.25, 0.3) is 5.91 Å². The standard InChI is InChI=1S/C18H24N2O3/c1-3-14-8-4-5-10-20(14)18(21)17-12-16(19-23-17)13-7-6-9-15(11-13)22-2/h6-7,9,11,14,17H,3-5,8,10,12H2,1-2H3. The summed E-state index contributed by atoms with van der Waals surface area (Å²) >= 11 is 0. The van der Waals surface area contributed by atoms with Gasteiger partial charge < -0.3 is 14.5 Å². The number of nitrogens with zero attached hydrogens (tertiary/aromatic N) is 2. The highest BCUT2D eigenvalue weighted by molar-refractivity contribution is 6.04. The van der Waals surface area contributed by atoms with Crippen LogP contribution in [0.1, 0.15) is 44.6 Å². The molecule has 0 aromatic heterocycles. The second-order valence-electron chi connectivity index (χ2n) is 6.16. The van der Waals surface area contributed by atoms with Crippen molar-refractivity contribution in [2.24, 2.45) is 5.16 Å². The molecule has 1 aromatic carbocycles. The third-order valence-electron chi connectivity index (χ3n) is 4.73. The fourth-order valence-corrected chi connectivity index (χ4v) is 3.38. The molecule has 2 aliphatic heterocycles. The third-order valence-corrected chi connectivity index (χ3v) is 4.73. The van der Waals surface area contributed by atoms with Gasteiger partial charge in [-0.15, -0.1) is 0 Å². The number of hydrogen-bond acceptors (Lipinski definition) is 4. The van der Waals surface area contributed by atoms with E-state index in [1.165, 1.54) is 6.42 Å². The molecule has 0 saturated carbocycles. The molecule has 5 nitrogen and oxygen atoms in total. The normalized spacial score (nSPS) is 24.1. The average molecular weight is 316 g/mol. The van der Waals surface area contributed by atoms with Crippen LogP contribution in [0, 0.1) is 0 Å². The molecule has 1 fully saturated rings. The summed E-state index contributed by atoms with van der Waals surface area (Å²) in [5, 5.41) is 4.14. The maximum absolute atomic E-state index is 12.8. The largest absolute Gasteiger partial charge is 0.497 e. The second kappa shape index (κ2) is 7.02. The van der Waals surface area contributed by atoms with Crippen molar-refractivity contribution in [1.29, 1.82) is 0 Å². The number of piperidine rings is 1. The predicted molar refractivity (Wildman–Crippen MR) is 88.7 cm³/mol. The molecule has 124 valence electrons. The SMILES string of the molecule is CCC1CCCCN1C(=O)C1CC(c2cccc(OC)c2)=NO1. The van der Waals surface area contributed by atoms with Crippen molar-refractivity contribution in [1.82, 2.24) is 4.90 Å². The molecule has 0 aliphatic carbocycles. The first-order valence-corrected chi connectivity index (χ1v) is 8.40. The highest BCUT2D eigenvalue weighted by Gasteiger charge is 2.35. The lowest BCUT2D eigenvalue weighted by molar-refractivity contribution is -0.146. The molecule has 5 heteroatoms. The summed E-state index contributed by atoms with van der Waals surface area (Å²) in [6, 6.07) is 8.05. The number of carbonyl (C=O) groups is 1. The molecular weight excluding hydrogens is 292 g/mol. The van der Waals surface area contributed by atoms with E-state index in [2.05, 4.69) is 12.1 Å². The van der Waals surface area contributed by atoms with Gasteiger partial charge in [0, 0.05) is 24.6 Å². The van der Waals surface area contributed by atoms with E-state index in [0.29, 0.717) is 12.5 Å². The van der Waals surface area contributed by atoms with E-state index in [1.54, 1.807) is 7.11 Å². The predicted octanol–water partition coefficient (Wildman–Crippen LogP) is 2.98. The molecule has 23 heavy (non-hydrogen) atoms. The maximum Gasteiger partial charge on any atom is 0.267 e. The molecule has 0 spiro atoms. The smallest absolute Gasteiger partial charge is 0.267 e. The molecule has 0 bridgehead atoms. The van der Waals surface area contributed by atoms with Crippen LogP contribution in [0.3, 0.4) is 0 Å². The van der Waals surface area contributed by atoms with Crippen molar-refractivity contribution in [2.45, 2.75) is 51.2 Å². The number of methoxy groups -OCH3 is 1. The van der Waals surface area contributed by atoms with Gasteiger partial charge in [-0.3, -0.25) is 4.79 Å². The van der Waals surface area contributed by atoms with E-state index in [0.717, 1.165) is 42.8 Å². The lowest BCUT2D eigenvalue weighted by Crippen LogP contribution is -2.48. The van der Waals surface area contributed by atoms with Gasteiger partial charge in [-0.05, 0) is 37.8 Å². The molecule has 2 aliphatic rings. The number of carbonyl (C=O) groups excluding carboxylic acids is 1. The fourth-order valence-electron chi connectivity index (χ4n) is 3.38. The zero-order valence-electron chi connectivity index (χ0n) is 13.8. The number of ether oxygens (including phenoxy) is 1. The van der Waals surface area contributed by atoms with Gasteiger partial charge in [0.15, 0.2) is 0 Å². The quantitative estimate of drug-likeness (QED) is 0.858. The molecule has 1 aromatic rings. The molecule has 3 rings (SSSR count). The Morgan fingerprint density at radius 1 is 1.43 bits per heavy atom. The Balaban J connectivity index is 1.67. The van der Waals surface area contributed by atoms with Crippen molar-refractivity contribution >= 4 is 11.6 Å². The summed E-state index contributed by atoms with van der Waals surface area (Å²) in [4.78, 5) is 20.2. The third kappa shape index (κ3) is 3.33. The topological polar surface area (TPSA) is 51.1 Å². The molecule has 1 amide bonds. The van der Waals surface area contributed by atoms with Crippen LogP contribution in [-0.2, 0) is 9.63 Å². The van der Waals surface area contributed by atoms with E-state index < -0.39 is 6.10 Å². The van der Waals surface area contributed by atoms with Crippen LogP contribution in [-0.4, -0.2) is 42.3 Å². The van der Waals surface area contributed by atoms with Gasteiger partial charge >= 0.3 is 0 Å². The first-order chi connectivity index (χ1) is 11.2. The number of oxime groups is 1. The van der Waals surface area contributed by atoms with E-state index in [1.807, 2.05) is 29.2 Å². The van der Waals surface area contributed by atoms with Crippen LogP contribution in [0.2, 0.25) is 0 Å². The Labute approximate surface area is 137 Å². The van der Waals surface area contributed by atoms with E-state index in [9.17, 15) is 4.79 Å². The van der Waals surface area contributed by atoms with Gasteiger partial charge in [-0.1, -0.05) is 24.2 Å². The Bertz CT molecular complexity index is 600. The van der Waals surface area contributed by atoms with E-state index in [4.69, 9.17) is 9.57 Å². The van der Waals surface area contributed by atoms with Crippen molar-refractivity contribution in [3.63, 3.8) is 0 Å². The maximum atomic E-state index is 12.8. The van der Waals surface area contributed by atoms with Crippen LogP contribution in [0.15, 0.2) is 29.4 Å². The van der Waals surface area contributed by atoms with Crippen molar-refractivity contribution in [3.8, 4) is 5.75 Å². The van der Waals surface area contributed by atoms with Crippen LogP contribution in [0.25, 0.3) is 0 Å². The van der Waals surface area contributed by atoms with Crippen LogP contribution in [0.5, 0.6) is 5.75 Å². The molecule has 0 radical (unpaired) electrons. The highest BCUT2D eigenvalue weighted by Crippen LogP contribution is 2.25. The van der Waals surface area contributed by atoms with Gasteiger partial charge in [-0.25, -0.2) is 0 Å². The zero-order valence-corrected chi connectivity index (χ0v) is 13.8. The summed E-state index contributed by atoms with van der Waals surface area (Å²) in [6.45, 7) is 2.98. The van der Waals surface area contributed by atoms with Crippen LogP contribution >= 0.6 is 0 Å². The number of amides is 1. The molecule has 2 atom stereocenters. The average Bonchev–Trinajstić information content (AvgIpc) is 3.11. The number of benzene rings is 1. The summed E-state index contributed by atoms with van der Waals surface area (Å²) in [7, 11) is 1.64. The fraction of sp³-hybridized carbons (Fsp3) is 0.556. The minimum Gasteiger partial charge on any atom is -0.497 e. The van der Waals surface area contributed by atoms with Crippen molar-refractivity contribution < 1.29 is 14.4 Å². The summed E-state index contributed by atoms with van der Waals surface area (Å²) < 4.78 is 5.24. The first kappa shape index (κ1) is 15.8. The van der Waals surface area contributed by atoms with Gasteiger partial charge in [-0.2, -0.15) is 0 Å². The van der Waals surface area contributed by atoms with E-state index in [-0.39, 0.29) is 5.91 Å². The number of hydrogen-bond donors (Lipinski definition) is 0. The van der Waals surface area contributed by atoms with Crippen LogP contribution < -0.4 is 4.74 Å². The summed E-state index contributed by atoms with van der Waals surface area (Å²) in [5.41, 5.74) is 1.76. The number of likely N-dealkylation sites (tertiary alicyclic amines) is 1. The highest BCUT2D eigenvalue weighted by atomic mass is 16.6. The Morgan fingerprint density at radius 3 is 3.09 bits per heavy atom. The summed E-state index contributed by atoms with van der Waals surface area (Å²) in [6.07, 6.45) is 4.43. The Morgan fingerprint density at radius 2 is 2.30 bits per heavy atom. The van der Waals surface area contributed by atoms with Crippen molar-refractivity contribution in [2.75, 3.05) is 13.7 Å². The molecule has 1 saturated heterocycles. The van der Waals surface area contributed by atoms with Gasteiger partial charge in [0.2, 0.25) is 6.10 Å². The zero-order chi connectivity index (χ0) is 16.2. The lowest BCUT2D eigenvalue weighted by atomic mass is 9.98. The minimum atomic E-state index is -0.483. The molecule has 2 unspecified atom stereocenters. The summed E-state index contributed by atoms with van der Waals surface area (Å²) in [5.74, 6) is 0.861. The Hall–Kier alpha value is -2.04. The molecule has 0 N–H and O–H groups in total. The monoisotopic (exact) mass is 316 g/mol. The first-order valence-electron chi connectivity index (χ1n) is 8.40. The molecular formula is C18H24N2O3.